The third kappa shape index (κ3) is 2.25. The van der Waals surface area contributed by atoms with Gasteiger partial charge in [-0.2, -0.15) is 5.10 Å². The topological polar surface area (TPSA) is 55.9 Å². The maximum Gasteiger partial charge on any atom is 0.152 e. The van der Waals surface area contributed by atoms with Gasteiger partial charge in [-0.1, -0.05) is 19.1 Å². The average Bonchev–Trinajstić information content (AvgIpc) is 2.56. The zero-order valence-electron chi connectivity index (χ0n) is 10.5. The molecule has 0 aliphatic heterocycles. The summed E-state index contributed by atoms with van der Waals surface area (Å²) >= 11 is 0. The SMILES string of the molecule is CCc1cccc(Nc2c(N)c(C)nn2C)c1. The number of nitrogens with two attached hydrogens (primary N) is 1. The Bertz CT molecular complexity index is 528. The van der Waals surface area contributed by atoms with Crippen molar-refractivity contribution in [3.63, 3.8) is 0 Å². The zero-order valence-corrected chi connectivity index (χ0v) is 10.5. The molecule has 0 saturated heterocycles. The number of nitrogens with zero attached hydrogens (tertiary/aromatic N) is 2. The van der Waals surface area contributed by atoms with Crippen LogP contribution in [0.25, 0.3) is 0 Å². The molecule has 4 nitrogen and oxygen atoms in total. The number of aromatic nitrogens is 2. The van der Waals surface area contributed by atoms with Gasteiger partial charge in [-0.15, -0.1) is 0 Å². The number of nitrogen functional groups attached to an aromatic ring is 1. The van der Waals surface area contributed by atoms with E-state index in [1.54, 1.807) is 4.68 Å². The molecule has 4 heteroatoms. The van der Waals surface area contributed by atoms with Crippen LogP contribution in [0.5, 0.6) is 0 Å². The molecule has 0 amide bonds. The summed E-state index contributed by atoms with van der Waals surface area (Å²) in [5.74, 6) is 0.843. The van der Waals surface area contributed by atoms with E-state index in [1.807, 2.05) is 26.1 Å². The lowest BCUT2D eigenvalue weighted by Crippen LogP contribution is -2.01. The van der Waals surface area contributed by atoms with Crippen molar-refractivity contribution in [1.82, 2.24) is 9.78 Å². The van der Waals surface area contributed by atoms with E-state index >= 15 is 0 Å². The standard InChI is InChI=1S/C13H18N4/c1-4-10-6-5-7-11(8-10)15-13-12(14)9(2)16-17(13)3/h5-8,15H,4,14H2,1-3H3. The first-order valence-corrected chi connectivity index (χ1v) is 5.77. The molecule has 0 bridgehead atoms. The number of hydrogen-bond acceptors (Lipinski definition) is 3. The van der Waals surface area contributed by atoms with Crippen LogP contribution in [-0.2, 0) is 13.5 Å². The lowest BCUT2D eigenvalue weighted by atomic mass is 10.1. The van der Waals surface area contributed by atoms with Gasteiger partial charge in [0.25, 0.3) is 0 Å². The van der Waals surface area contributed by atoms with E-state index in [2.05, 4.69) is 29.5 Å². The minimum absolute atomic E-state index is 0.703. The van der Waals surface area contributed by atoms with E-state index in [1.165, 1.54) is 5.56 Å². The molecule has 2 rings (SSSR count). The highest BCUT2D eigenvalue weighted by Crippen LogP contribution is 2.25. The van der Waals surface area contributed by atoms with Crippen molar-refractivity contribution in [2.45, 2.75) is 20.3 Å². The average molecular weight is 230 g/mol. The Morgan fingerprint density at radius 1 is 1.41 bits per heavy atom. The molecule has 1 heterocycles. The molecule has 0 saturated carbocycles. The van der Waals surface area contributed by atoms with Crippen LogP contribution in [0.4, 0.5) is 17.2 Å². The van der Waals surface area contributed by atoms with E-state index < -0.39 is 0 Å². The number of hydrogen-bond donors (Lipinski definition) is 2. The molecule has 0 radical (unpaired) electrons. The fourth-order valence-electron chi connectivity index (χ4n) is 1.83. The highest BCUT2D eigenvalue weighted by Gasteiger charge is 2.09. The summed E-state index contributed by atoms with van der Waals surface area (Å²) in [6.45, 7) is 4.05. The van der Waals surface area contributed by atoms with Crippen molar-refractivity contribution in [2.24, 2.45) is 7.05 Å². The molecular weight excluding hydrogens is 212 g/mol. The van der Waals surface area contributed by atoms with E-state index in [0.717, 1.165) is 23.6 Å². The first-order valence-electron chi connectivity index (χ1n) is 5.77. The van der Waals surface area contributed by atoms with Crippen LogP contribution in [0.2, 0.25) is 0 Å². The minimum Gasteiger partial charge on any atom is -0.394 e. The fraction of sp³-hybridized carbons (Fsp3) is 0.308. The molecule has 2 aromatic rings. The molecule has 1 aromatic carbocycles. The van der Waals surface area contributed by atoms with Gasteiger partial charge in [0.15, 0.2) is 5.82 Å². The van der Waals surface area contributed by atoms with Crippen molar-refractivity contribution in [3.8, 4) is 0 Å². The van der Waals surface area contributed by atoms with Gasteiger partial charge < -0.3 is 11.1 Å². The molecule has 17 heavy (non-hydrogen) atoms. The largest absolute Gasteiger partial charge is 0.394 e. The van der Waals surface area contributed by atoms with Crippen molar-refractivity contribution in [1.29, 1.82) is 0 Å². The summed E-state index contributed by atoms with van der Waals surface area (Å²) < 4.78 is 1.77. The summed E-state index contributed by atoms with van der Waals surface area (Å²) in [6.07, 6.45) is 1.02. The Labute approximate surface area is 101 Å². The molecule has 0 aliphatic carbocycles. The van der Waals surface area contributed by atoms with Crippen molar-refractivity contribution in [2.75, 3.05) is 11.1 Å². The predicted octanol–water partition coefficient (Wildman–Crippen LogP) is 2.62. The summed E-state index contributed by atoms with van der Waals surface area (Å²) in [5, 5.41) is 7.59. The van der Waals surface area contributed by atoms with Gasteiger partial charge in [-0.25, -0.2) is 0 Å². The zero-order chi connectivity index (χ0) is 12.4. The minimum atomic E-state index is 0.703. The first-order chi connectivity index (χ1) is 8.11. The quantitative estimate of drug-likeness (QED) is 0.852. The van der Waals surface area contributed by atoms with Crippen LogP contribution in [0.3, 0.4) is 0 Å². The second-order valence-electron chi connectivity index (χ2n) is 4.15. The second kappa shape index (κ2) is 4.49. The second-order valence-corrected chi connectivity index (χ2v) is 4.15. The maximum atomic E-state index is 5.98. The Kier molecular flexibility index (Phi) is 3.04. The number of rotatable bonds is 3. The molecule has 3 N–H and O–H groups in total. The molecule has 0 aliphatic rings. The lowest BCUT2D eigenvalue weighted by molar-refractivity contribution is 0.765. The predicted molar refractivity (Wildman–Crippen MR) is 71.5 cm³/mol. The van der Waals surface area contributed by atoms with Crippen LogP contribution < -0.4 is 11.1 Å². The van der Waals surface area contributed by atoms with E-state index in [4.69, 9.17) is 5.73 Å². The molecule has 0 spiro atoms. The van der Waals surface area contributed by atoms with Gasteiger partial charge >= 0.3 is 0 Å². The van der Waals surface area contributed by atoms with Gasteiger partial charge in [0.1, 0.15) is 0 Å². The molecule has 0 fully saturated rings. The normalized spacial score (nSPS) is 10.5. The number of nitrogens with one attached hydrogen (secondary N) is 1. The Hall–Kier alpha value is -1.97. The molecule has 0 unspecified atom stereocenters. The van der Waals surface area contributed by atoms with Gasteiger partial charge in [0.2, 0.25) is 0 Å². The molecule has 90 valence electrons. The third-order valence-corrected chi connectivity index (χ3v) is 2.87. The number of aryl methyl sites for hydroxylation is 3. The molecule has 1 aromatic heterocycles. The van der Waals surface area contributed by atoms with Crippen LogP contribution in [-0.4, -0.2) is 9.78 Å². The Morgan fingerprint density at radius 2 is 2.18 bits per heavy atom. The smallest absolute Gasteiger partial charge is 0.152 e. The van der Waals surface area contributed by atoms with Crippen LogP contribution in [0.1, 0.15) is 18.2 Å². The van der Waals surface area contributed by atoms with Gasteiger partial charge in [0, 0.05) is 12.7 Å². The monoisotopic (exact) mass is 230 g/mol. The maximum absolute atomic E-state index is 5.98. The fourth-order valence-corrected chi connectivity index (χ4v) is 1.83. The Balaban J connectivity index is 2.31. The Morgan fingerprint density at radius 3 is 2.76 bits per heavy atom. The first kappa shape index (κ1) is 11.5. The van der Waals surface area contributed by atoms with Crippen LogP contribution in [0, 0.1) is 6.92 Å². The number of anilines is 3. The van der Waals surface area contributed by atoms with Crippen molar-refractivity contribution in [3.05, 3.63) is 35.5 Å². The van der Waals surface area contributed by atoms with Crippen molar-refractivity contribution < 1.29 is 0 Å². The number of benzene rings is 1. The van der Waals surface area contributed by atoms with E-state index in [0.29, 0.717) is 5.69 Å². The van der Waals surface area contributed by atoms with Crippen LogP contribution in [0.15, 0.2) is 24.3 Å². The third-order valence-electron chi connectivity index (χ3n) is 2.87. The van der Waals surface area contributed by atoms with Crippen molar-refractivity contribution >= 4 is 17.2 Å². The summed E-state index contributed by atoms with van der Waals surface area (Å²) in [5.41, 5.74) is 9.87. The van der Waals surface area contributed by atoms with Gasteiger partial charge in [-0.3, -0.25) is 4.68 Å². The van der Waals surface area contributed by atoms with Gasteiger partial charge in [-0.05, 0) is 31.0 Å². The van der Waals surface area contributed by atoms with E-state index in [-0.39, 0.29) is 0 Å². The molecular formula is C13H18N4. The lowest BCUT2D eigenvalue weighted by Gasteiger charge is -2.08. The summed E-state index contributed by atoms with van der Waals surface area (Å²) in [6, 6.07) is 8.31. The van der Waals surface area contributed by atoms with Crippen LogP contribution >= 0.6 is 0 Å². The van der Waals surface area contributed by atoms with E-state index in [9.17, 15) is 0 Å². The highest BCUT2D eigenvalue weighted by atomic mass is 15.3. The summed E-state index contributed by atoms with van der Waals surface area (Å²) in [7, 11) is 1.88. The molecule has 0 atom stereocenters. The van der Waals surface area contributed by atoms with Gasteiger partial charge in [0.05, 0.1) is 11.4 Å². The summed E-state index contributed by atoms with van der Waals surface area (Å²) in [4.78, 5) is 0. The highest BCUT2D eigenvalue weighted by molar-refractivity contribution is 5.71.